The number of nitrogens with two attached hydrogens (primary N) is 1. The van der Waals surface area contributed by atoms with Crippen LogP contribution in [0, 0.1) is 0 Å². The lowest BCUT2D eigenvalue weighted by atomic mass is 10.1. The molecule has 0 amide bonds. The number of halogens is 6. The van der Waals surface area contributed by atoms with Crippen LogP contribution in [0.5, 0.6) is 0 Å². The van der Waals surface area contributed by atoms with Gasteiger partial charge in [0, 0.05) is 13.1 Å². The van der Waals surface area contributed by atoms with Crippen LogP contribution in [0.4, 0.5) is 26.3 Å². The molecule has 27 heavy (non-hydrogen) atoms. The van der Waals surface area contributed by atoms with E-state index in [1.54, 1.807) is 0 Å². The summed E-state index contributed by atoms with van der Waals surface area (Å²) in [4.78, 5) is 17.0. The summed E-state index contributed by atoms with van der Waals surface area (Å²) < 4.78 is 81.8. The molecule has 2 N–H and O–H groups in total. The normalized spacial score (nSPS) is 16.1. The summed E-state index contributed by atoms with van der Waals surface area (Å²) in [5.41, 5.74) is 1.74. The first-order valence-corrected chi connectivity index (χ1v) is 7.56. The molecule has 0 bridgehead atoms. The van der Waals surface area contributed by atoms with Gasteiger partial charge in [-0.1, -0.05) is 12.1 Å². The van der Waals surface area contributed by atoms with Crippen LogP contribution in [-0.4, -0.2) is 43.1 Å². The molecule has 0 atom stereocenters. The fraction of sp³-hybridized carbons (Fsp3) is 0.375. The lowest BCUT2D eigenvalue weighted by molar-refractivity contribution is -0.138. The summed E-state index contributed by atoms with van der Waals surface area (Å²) in [6.45, 7) is -0.0223. The van der Waals surface area contributed by atoms with Gasteiger partial charge in [0.2, 0.25) is 0 Å². The van der Waals surface area contributed by atoms with Gasteiger partial charge in [-0.3, -0.25) is 4.99 Å². The molecule has 0 spiro atoms. The number of aliphatic imine (C=N–C) groups is 1. The number of alkyl halides is 6. The van der Waals surface area contributed by atoms with Crippen molar-refractivity contribution in [2.75, 3.05) is 20.2 Å². The average molecular weight is 395 g/mol. The summed E-state index contributed by atoms with van der Waals surface area (Å²) in [5.74, 6) is -1.70. The third kappa shape index (κ3) is 4.72. The van der Waals surface area contributed by atoms with Crippen molar-refractivity contribution in [2.45, 2.75) is 18.9 Å². The number of rotatable bonds is 4. The van der Waals surface area contributed by atoms with Crippen LogP contribution in [0.1, 0.15) is 11.1 Å². The predicted octanol–water partition coefficient (Wildman–Crippen LogP) is 2.87. The van der Waals surface area contributed by atoms with Crippen molar-refractivity contribution in [1.29, 1.82) is 0 Å². The number of methoxy groups -OCH3 is 1. The number of hydrogen-bond donors (Lipinski definition) is 1. The Labute approximate surface area is 150 Å². The SMILES string of the molecule is COC(=O)C(C1=NCCN1Cc1cccc(C(F)(F)F)c1)=C(N)C(F)(F)F. The summed E-state index contributed by atoms with van der Waals surface area (Å²) in [7, 11) is 0.888. The standard InChI is InChI=1S/C16H15F6N3O2/c1-27-14(26)11(12(23)16(20,21)22)13-24-5-6-25(13)8-9-3-2-4-10(7-9)15(17,18)19/h2-4,7H,5-6,8,23H2,1H3. The van der Waals surface area contributed by atoms with Crippen molar-refractivity contribution in [1.82, 2.24) is 4.90 Å². The van der Waals surface area contributed by atoms with Gasteiger partial charge in [-0.15, -0.1) is 0 Å². The number of esters is 1. The molecule has 0 aliphatic carbocycles. The van der Waals surface area contributed by atoms with E-state index >= 15 is 0 Å². The molecule has 0 fully saturated rings. The Balaban J connectivity index is 2.37. The highest BCUT2D eigenvalue weighted by Crippen LogP contribution is 2.31. The lowest BCUT2D eigenvalue weighted by Gasteiger charge is -2.23. The van der Waals surface area contributed by atoms with E-state index in [1.165, 1.54) is 17.0 Å². The second kappa shape index (κ2) is 7.49. The van der Waals surface area contributed by atoms with Crippen molar-refractivity contribution in [3.63, 3.8) is 0 Å². The zero-order valence-corrected chi connectivity index (χ0v) is 14.0. The third-order valence-electron chi connectivity index (χ3n) is 3.75. The molecule has 2 rings (SSSR count). The summed E-state index contributed by atoms with van der Waals surface area (Å²) in [5, 5.41) is 0. The van der Waals surface area contributed by atoms with Crippen molar-refractivity contribution >= 4 is 11.8 Å². The molecular weight excluding hydrogens is 380 g/mol. The molecule has 1 heterocycles. The van der Waals surface area contributed by atoms with E-state index in [4.69, 9.17) is 5.73 Å². The van der Waals surface area contributed by atoms with Crippen LogP contribution in [0.15, 0.2) is 40.5 Å². The van der Waals surface area contributed by atoms with Crippen LogP contribution < -0.4 is 5.73 Å². The molecule has 0 radical (unpaired) electrons. The van der Waals surface area contributed by atoms with Gasteiger partial charge in [0.15, 0.2) is 0 Å². The summed E-state index contributed by atoms with van der Waals surface area (Å²) in [6.07, 6.45) is -9.56. The maximum Gasteiger partial charge on any atom is 0.431 e. The average Bonchev–Trinajstić information content (AvgIpc) is 3.01. The highest BCUT2D eigenvalue weighted by Gasteiger charge is 2.40. The highest BCUT2D eigenvalue weighted by molar-refractivity contribution is 6.19. The molecular formula is C16H15F6N3O2. The van der Waals surface area contributed by atoms with E-state index in [-0.39, 0.29) is 31.0 Å². The molecule has 1 aromatic rings. The minimum absolute atomic E-state index is 0.0555. The molecule has 11 heteroatoms. The molecule has 0 aromatic heterocycles. The Morgan fingerprint density at radius 2 is 1.93 bits per heavy atom. The van der Waals surface area contributed by atoms with Gasteiger partial charge in [0.05, 0.1) is 19.2 Å². The number of amidine groups is 1. The van der Waals surface area contributed by atoms with Gasteiger partial charge >= 0.3 is 18.3 Å². The van der Waals surface area contributed by atoms with Gasteiger partial charge < -0.3 is 15.4 Å². The van der Waals surface area contributed by atoms with E-state index in [0.29, 0.717) is 0 Å². The minimum atomic E-state index is -5.00. The van der Waals surface area contributed by atoms with Crippen molar-refractivity contribution in [3.05, 3.63) is 46.7 Å². The second-order valence-corrected chi connectivity index (χ2v) is 5.60. The largest absolute Gasteiger partial charge is 0.465 e. The van der Waals surface area contributed by atoms with Gasteiger partial charge in [-0.25, -0.2) is 4.79 Å². The first kappa shape index (κ1) is 20.6. The molecule has 1 aliphatic heterocycles. The molecule has 5 nitrogen and oxygen atoms in total. The Bertz CT molecular complexity index is 783. The van der Waals surface area contributed by atoms with Crippen LogP contribution in [0.25, 0.3) is 0 Å². The topological polar surface area (TPSA) is 67.9 Å². The van der Waals surface area contributed by atoms with E-state index in [9.17, 15) is 31.1 Å². The van der Waals surface area contributed by atoms with Crippen molar-refractivity contribution < 1.29 is 35.9 Å². The lowest BCUT2D eigenvalue weighted by Crippen LogP contribution is -2.36. The second-order valence-electron chi connectivity index (χ2n) is 5.60. The first-order chi connectivity index (χ1) is 12.4. The number of nitrogens with zero attached hydrogens (tertiary/aromatic N) is 2. The van der Waals surface area contributed by atoms with Crippen LogP contribution in [0.3, 0.4) is 0 Å². The fourth-order valence-electron chi connectivity index (χ4n) is 2.51. The predicted molar refractivity (Wildman–Crippen MR) is 83.4 cm³/mol. The molecule has 148 valence electrons. The van der Waals surface area contributed by atoms with Gasteiger partial charge in [-0.05, 0) is 17.7 Å². The maximum atomic E-state index is 13.0. The molecule has 0 saturated heterocycles. The molecule has 1 aliphatic rings. The van der Waals surface area contributed by atoms with Gasteiger partial charge in [0.1, 0.15) is 17.1 Å². The molecule has 0 unspecified atom stereocenters. The summed E-state index contributed by atoms with van der Waals surface area (Å²) in [6, 6.07) is 4.33. The van der Waals surface area contributed by atoms with Crippen molar-refractivity contribution in [2.24, 2.45) is 10.7 Å². The van der Waals surface area contributed by atoms with Crippen LogP contribution >= 0.6 is 0 Å². The number of allylic oxidation sites excluding steroid dienone is 1. The summed E-state index contributed by atoms with van der Waals surface area (Å²) >= 11 is 0. The maximum absolute atomic E-state index is 13.0. The third-order valence-corrected chi connectivity index (χ3v) is 3.75. The minimum Gasteiger partial charge on any atom is -0.465 e. The Morgan fingerprint density at radius 3 is 2.48 bits per heavy atom. The Hall–Kier alpha value is -2.72. The van der Waals surface area contributed by atoms with E-state index in [2.05, 4.69) is 9.73 Å². The van der Waals surface area contributed by atoms with Gasteiger partial charge in [-0.2, -0.15) is 26.3 Å². The number of benzene rings is 1. The zero-order chi connectivity index (χ0) is 20.4. The van der Waals surface area contributed by atoms with Crippen molar-refractivity contribution in [3.8, 4) is 0 Å². The Morgan fingerprint density at radius 1 is 1.26 bits per heavy atom. The number of carbonyl (C=O) groups excluding carboxylic acids is 1. The highest BCUT2D eigenvalue weighted by atomic mass is 19.4. The number of hydrogen-bond acceptors (Lipinski definition) is 5. The fourth-order valence-corrected chi connectivity index (χ4v) is 2.51. The quantitative estimate of drug-likeness (QED) is 0.484. The molecule has 0 saturated carbocycles. The monoisotopic (exact) mass is 395 g/mol. The first-order valence-electron chi connectivity index (χ1n) is 7.56. The van der Waals surface area contributed by atoms with Crippen LogP contribution in [0.2, 0.25) is 0 Å². The smallest absolute Gasteiger partial charge is 0.431 e. The molecule has 1 aromatic carbocycles. The zero-order valence-electron chi connectivity index (χ0n) is 14.0. The van der Waals surface area contributed by atoms with E-state index < -0.39 is 35.2 Å². The van der Waals surface area contributed by atoms with Crippen LogP contribution in [-0.2, 0) is 22.3 Å². The van der Waals surface area contributed by atoms with Gasteiger partial charge in [0.25, 0.3) is 0 Å². The number of carbonyl (C=O) groups is 1. The number of ether oxygens (including phenoxy) is 1. The van der Waals surface area contributed by atoms with E-state index in [0.717, 1.165) is 19.2 Å². The van der Waals surface area contributed by atoms with E-state index in [1.807, 2.05) is 0 Å². The Kier molecular flexibility index (Phi) is 5.71.